The van der Waals surface area contributed by atoms with Crippen molar-refractivity contribution < 1.29 is 23.0 Å². The summed E-state index contributed by atoms with van der Waals surface area (Å²) < 4.78 is 44.5. The number of hydrogen-bond donors (Lipinski definition) is 5. The first-order valence-electron chi connectivity index (χ1n) is 10.1. The molecule has 1 atom stereocenters. The highest BCUT2D eigenvalue weighted by Gasteiger charge is 2.55. The lowest BCUT2D eigenvalue weighted by molar-refractivity contribution is 0.0858. The Labute approximate surface area is 192 Å². The van der Waals surface area contributed by atoms with Crippen molar-refractivity contribution in [3.8, 4) is 0 Å². The van der Waals surface area contributed by atoms with E-state index in [1.54, 1.807) is 13.0 Å². The Hall–Kier alpha value is -2.15. The van der Waals surface area contributed by atoms with Crippen LogP contribution in [0.5, 0.6) is 0 Å². The Balaban J connectivity index is 1.80. The predicted molar refractivity (Wildman–Crippen MR) is 124 cm³/mol. The Bertz CT molecular complexity index is 1230. The van der Waals surface area contributed by atoms with Crippen LogP contribution in [-0.2, 0) is 16.6 Å². The number of aliphatic hydroxyl groups excluding tert-OH is 2. The van der Waals surface area contributed by atoms with Crippen LogP contribution in [0, 0.1) is 12.7 Å². The Kier molecular flexibility index (Phi) is 5.99. The lowest BCUT2D eigenvalue weighted by atomic mass is 10.2. The third-order valence-electron chi connectivity index (χ3n) is 5.95. The SMILES string of the molecule is Cc1c(Nc2ccc(Br)cc2F)c(NS(=O)(=O)C2(CC(O)CO)CC2)c2n(c1=O)CCN2. The number of anilines is 4. The molecule has 1 aliphatic heterocycles. The van der Waals surface area contributed by atoms with Gasteiger partial charge in [0, 0.05) is 23.1 Å². The summed E-state index contributed by atoms with van der Waals surface area (Å²) >= 11 is 3.20. The minimum Gasteiger partial charge on any atom is -0.394 e. The van der Waals surface area contributed by atoms with E-state index in [-0.39, 0.29) is 34.6 Å². The molecule has 12 heteroatoms. The van der Waals surface area contributed by atoms with Crippen molar-refractivity contribution in [1.29, 1.82) is 0 Å². The molecule has 2 aliphatic rings. The van der Waals surface area contributed by atoms with Crippen LogP contribution in [0.15, 0.2) is 27.5 Å². The van der Waals surface area contributed by atoms with Crippen LogP contribution in [0.4, 0.5) is 27.3 Å². The Morgan fingerprint density at radius 1 is 1.34 bits per heavy atom. The summed E-state index contributed by atoms with van der Waals surface area (Å²) in [6, 6.07) is 4.36. The van der Waals surface area contributed by atoms with Crippen LogP contribution < -0.4 is 20.9 Å². The van der Waals surface area contributed by atoms with Crippen LogP contribution in [0.1, 0.15) is 24.8 Å². The fourth-order valence-corrected chi connectivity index (χ4v) is 6.04. The number of sulfonamides is 1. The van der Waals surface area contributed by atoms with Gasteiger partial charge in [-0.1, -0.05) is 15.9 Å². The topological polar surface area (TPSA) is 133 Å². The van der Waals surface area contributed by atoms with Gasteiger partial charge in [-0.3, -0.25) is 14.1 Å². The summed E-state index contributed by atoms with van der Waals surface area (Å²) in [5.41, 5.74) is 0.268. The van der Waals surface area contributed by atoms with E-state index in [9.17, 15) is 22.7 Å². The average molecular weight is 531 g/mol. The van der Waals surface area contributed by atoms with Crippen molar-refractivity contribution in [2.24, 2.45) is 0 Å². The molecule has 1 saturated carbocycles. The maximum atomic E-state index is 14.5. The van der Waals surface area contributed by atoms with Crippen LogP contribution >= 0.6 is 15.9 Å². The Morgan fingerprint density at radius 3 is 2.69 bits per heavy atom. The summed E-state index contributed by atoms with van der Waals surface area (Å²) in [6.07, 6.45) is -0.590. The minimum absolute atomic E-state index is 0.0796. The molecule has 4 rings (SSSR count). The summed E-state index contributed by atoms with van der Waals surface area (Å²) in [5, 5.41) is 24.9. The summed E-state index contributed by atoms with van der Waals surface area (Å²) in [5.74, 6) is -0.284. The van der Waals surface area contributed by atoms with Gasteiger partial charge in [-0.25, -0.2) is 12.8 Å². The number of aliphatic hydroxyl groups is 2. The lowest BCUT2D eigenvalue weighted by Crippen LogP contribution is -2.35. The average Bonchev–Trinajstić information content (AvgIpc) is 3.36. The first-order valence-corrected chi connectivity index (χ1v) is 12.4. The van der Waals surface area contributed by atoms with Gasteiger partial charge in [0.25, 0.3) is 5.56 Å². The van der Waals surface area contributed by atoms with Gasteiger partial charge in [0.2, 0.25) is 10.0 Å². The molecule has 9 nitrogen and oxygen atoms in total. The molecule has 1 aliphatic carbocycles. The highest BCUT2D eigenvalue weighted by Crippen LogP contribution is 2.49. The lowest BCUT2D eigenvalue weighted by Gasteiger charge is -2.24. The monoisotopic (exact) mass is 530 g/mol. The number of fused-ring (bicyclic) bond motifs is 1. The molecule has 5 N–H and O–H groups in total. The molecule has 1 aromatic heterocycles. The van der Waals surface area contributed by atoms with E-state index in [0.29, 0.717) is 36.2 Å². The maximum Gasteiger partial charge on any atom is 0.257 e. The highest BCUT2D eigenvalue weighted by atomic mass is 79.9. The number of nitrogens with one attached hydrogen (secondary N) is 3. The molecular weight excluding hydrogens is 507 g/mol. The van der Waals surface area contributed by atoms with Crippen molar-refractivity contribution in [1.82, 2.24) is 4.57 Å². The molecular formula is C20H24BrFN4O5S. The van der Waals surface area contributed by atoms with Crippen LogP contribution in [0.3, 0.4) is 0 Å². The third-order valence-corrected chi connectivity index (χ3v) is 8.63. The second-order valence-electron chi connectivity index (χ2n) is 8.19. The van der Waals surface area contributed by atoms with E-state index < -0.39 is 33.3 Å². The maximum absolute atomic E-state index is 14.5. The molecule has 1 fully saturated rings. The first kappa shape index (κ1) is 23.0. The molecule has 0 saturated heterocycles. The molecule has 2 heterocycles. The number of aromatic nitrogens is 1. The van der Waals surface area contributed by atoms with Gasteiger partial charge >= 0.3 is 0 Å². The van der Waals surface area contributed by atoms with E-state index in [1.165, 1.54) is 16.7 Å². The molecule has 0 spiro atoms. The molecule has 2 aromatic rings. The molecule has 174 valence electrons. The molecule has 32 heavy (non-hydrogen) atoms. The van der Waals surface area contributed by atoms with Gasteiger partial charge in [-0.15, -0.1) is 0 Å². The second kappa shape index (κ2) is 8.32. The largest absolute Gasteiger partial charge is 0.394 e. The van der Waals surface area contributed by atoms with E-state index in [1.807, 2.05) is 0 Å². The fraction of sp³-hybridized carbons (Fsp3) is 0.450. The summed E-state index contributed by atoms with van der Waals surface area (Å²) in [4.78, 5) is 12.9. The third kappa shape index (κ3) is 4.00. The number of halogens is 2. The predicted octanol–water partition coefficient (Wildman–Crippen LogP) is 2.25. The van der Waals surface area contributed by atoms with E-state index in [0.717, 1.165) is 0 Å². The summed E-state index contributed by atoms with van der Waals surface area (Å²) in [7, 11) is -4.01. The summed E-state index contributed by atoms with van der Waals surface area (Å²) in [6.45, 7) is 1.82. The van der Waals surface area contributed by atoms with Crippen molar-refractivity contribution in [3.63, 3.8) is 0 Å². The quantitative estimate of drug-likeness (QED) is 0.353. The van der Waals surface area contributed by atoms with E-state index in [4.69, 9.17) is 5.11 Å². The van der Waals surface area contributed by atoms with Crippen LogP contribution in [0.25, 0.3) is 0 Å². The molecule has 0 radical (unpaired) electrons. The zero-order chi connectivity index (χ0) is 23.3. The molecule has 1 unspecified atom stereocenters. The Morgan fingerprint density at radius 2 is 2.06 bits per heavy atom. The molecule has 1 aromatic carbocycles. The highest BCUT2D eigenvalue weighted by molar-refractivity contribution is 9.10. The van der Waals surface area contributed by atoms with Crippen molar-refractivity contribution in [2.75, 3.05) is 28.5 Å². The number of hydrogen-bond acceptors (Lipinski definition) is 7. The van der Waals surface area contributed by atoms with E-state index >= 15 is 0 Å². The number of pyridine rings is 1. The fourth-order valence-electron chi connectivity index (χ4n) is 3.97. The number of nitrogens with zero attached hydrogens (tertiary/aromatic N) is 1. The van der Waals surface area contributed by atoms with Crippen LogP contribution in [-0.4, -0.2) is 47.2 Å². The van der Waals surface area contributed by atoms with Gasteiger partial charge in [0.15, 0.2) is 0 Å². The van der Waals surface area contributed by atoms with Crippen molar-refractivity contribution in [3.05, 3.63) is 44.4 Å². The molecule has 0 bridgehead atoms. The normalized spacial score (nSPS) is 17.4. The number of benzene rings is 1. The van der Waals surface area contributed by atoms with Gasteiger partial charge in [-0.2, -0.15) is 0 Å². The van der Waals surface area contributed by atoms with Gasteiger partial charge < -0.3 is 20.8 Å². The zero-order valence-electron chi connectivity index (χ0n) is 17.3. The second-order valence-corrected chi connectivity index (χ2v) is 11.2. The first-order chi connectivity index (χ1) is 15.1. The minimum atomic E-state index is -4.01. The standard InChI is InChI=1S/C20H24BrFN4O5S/c1-11-16(24-15-3-2-12(21)8-14(15)22)17(18-23-6-7-26(18)19(11)29)25-32(30,31)20(4-5-20)9-13(28)10-27/h2-3,8,13,23-25,27-28H,4-7,9-10H2,1H3. The van der Waals surface area contributed by atoms with Gasteiger partial charge in [0.05, 0.1) is 28.8 Å². The van der Waals surface area contributed by atoms with Crippen molar-refractivity contribution in [2.45, 2.75) is 43.6 Å². The number of rotatable bonds is 8. The van der Waals surface area contributed by atoms with Gasteiger partial charge in [0.1, 0.15) is 17.3 Å². The van der Waals surface area contributed by atoms with Crippen molar-refractivity contribution >= 4 is 48.8 Å². The van der Waals surface area contributed by atoms with E-state index in [2.05, 4.69) is 31.3 Å². The zero-order valence-corrected chi connectivity index (χ0v) is 19.7. The van der Waals surface area contributed by atoms with Gasteiger partial charge in [-0.05, 0) is 44.4 Å². The molecule has 0 amide bonds. The smallest absolute Gasteiger partial charge is 0.257 e. The van der Waals surface area contributed by atoms with Crippen LogP contribution in [0.2, 0.25) is 0 Å².